The van der Waals surface area contributed by atoms with Gasteiger partial charge in [0.1, 0.15) is 0 Å². The summed E-state index contributed by atoms with van der Waals surface area (Å²) in [5.74, 6) is 0.965. The van der Waals surface area contributed by atoms with Gasteiger partial charge in [0.15, 0.2) is 0 Å². The van der Waals surface area contributed by atoms with Crippen LogP contribution in [-0.2, 0) is 5.75 Å². The zero-order chi connectivity index (χ0) is 19.8. The maximum Gasteiger partial charge on any atom is 0.251 e. The molecule has 1 amide bonds. The van der Waals surface area contributed by atoms with Gasteiger partial charge < -0.3 is 10.2 Å². The zero-order valence-corrected chi connectivity index (χ0v) is 17.8. The number of carbonyl (C=O) groups excluding carboxylic acids is 1. The Hall–Kier alpha value is -1.82. The van der Waals surface area contributed by atoms with Crippen molar-refractivity contribution in [2.75, 3.05) is 46.0 Å². The second kappa shape index (κ2) is 10.6. The van der Waals surface area contributed by atoms with Crippen LogP contribution < -0.4 is 5.32 Å². The molecule has 1 N–H and O–H groups in total. The van der Waals surface area contributed by atoms with Crippen LogP contribution in [-0.4, -0.2) is 61.7 Å². The summed E-state index contributed by atoms with van der Waals surface area (Å²) in [6.07, 6.45) is 3.04. The van der Waals surface area contributed by atoms with Crippen molar-refractivity contribution < 1.29 is 4.79 Å². The monoisotopic (exact) mass is 397 g/mol. The molecule has 0 aromatic heterocycles. The molecule has 1 atom stereocenters. The minimum atomic E-state index is 0.0286. The molecule has 1 saturated heterocycles. The SMILES string of the molecule is CSCc1cccc(C(=O)NCCCN2CCN(C)C[C@H]2c2ccccc2)c1. The van der Waals surface area contributed by atoms with E-state index in [4.69, 9.17) is 0 Å². The predicted octanol–water partition coefficient (Wildman–Crippen LogP) is 3.66. The molecule has 1 heterocycles. The number of nitrogens with one attached hydrogen (secondary N) is 1. The molecule has 5 heteroatoms. The van der Waals surface area contributed by atoms with Crippen LogP contribution in [0.5, 0.6) is 0 Å². The molecule has 2 aromatic carbocycles. The highest BCUT2D eigenvalue weighted by Gasteiger charge is 2.25. The number of likely N-dealkylation sites (N-methyl/N-ethyl adjacent to an activating group) is 1. The number of thioether (sulfide) groups is 1. The van der Waals surface area contributed by atoms with E-state index in [1.807, 2.05) is 18.2 Å². The fraction of sp³-hybridized carbons (Fsp3) is 0.435. The maximum atomic E-state index is 12.4. The Bertz CT molecular complexity index is 753. The number of benzene rings is 2. The molecule has 0 unspecified atom stereocenters. The molecule has 0 saturated carbocycles. The standard InChI is InChI=1S/C23H31N3OS/c1-25-14-15-26(22(17-25)20-9-4-3-5-10-20)13-7-12-24-23(27)21-11-6-8-19(16-21)18-28-2/h3-6,8-11,16,22H,7,12-15,17-18H2,1-2H3,(H,24,27)/t22-/m0/s1. The molecule has 4 nitrogen and oxygen atoms in total. The molecule has 150 valence electrons. The zero-order valence-electron chi connectivity index (χ0n) is 16.9. The Morgan fingerprint density at radius 3 is 2.75 bits per heavy atom. The van der Waals surface area contributed by atoms with E-state index in [9.17, 15) is 4.79 Å². The Kier molecular flexibility index (Phi) is 7.95. The molecule has 0 radical (unpaired) electrons. The molecule has 28 heavy (non-hydrogen) atoms. The van der Waals surface area contributed by atoms with Crippen LogP contribution in [0.3, 0.4) is 0 Å². The van der Waals surface area contributed by atoms with Crippen molar-refractivity contribution in [3.63, 3.8) is 0 Å². The van der Waals surface area contributed by atoms with Gasteiger partial charge in [-0.1, -0.05) is 42.5 Å². The Morgan fingerprint density at radius 1 is 1.14 bits per heavy atom. The number of rotatable bonds is 8. The first-order chi connectivity index (χ1) is 13.7. The van der Waals surface area contributed by atoms with Crippen LogP contribution in [0.15, 0.2) is 54.6 Å². The number of amides is 1. The maximum absolute atomic E-state index is 12.4. The lowest BCUT2D eigenvalue weighted by Crippen LogP contribution is -2.47. The summed E-state index contributed by atoms with van der Waals surface area (Å²) in [6, 6.07) is 19.1. The summed E-state index contributed by atoms with van der Waals surface area (Å²) >= 11 is 1.77. The molecular weight excluding hydrogens is 366 g/mol. The number of piperazine rings is 1. The van der Waals surface area contributed by atoms with Crippen LogP contribution in [0.25, 0.3) is 0 Å². The lowest BCUT2D eigenvalue weighted by molar-refractivity contribution is 0.0866. The van der Waals surface area contributed by atoms with E-state index in [1.54, 1.807) is 11.8 Å². The number of hydrogen-bond donors (Lipinski definition) is 1. The molecule has 1 aliphatic heterocycles. The van der Waals surface area contributed by atoms with E-state index in [0.717, 1.165) is 43.9 Å². The average Bonchev–Trinajstić information content (AvgIpc) is 2.73. The van der Waals surface area contributed by atoms with Gasteiger partial charge in [-0.2, -0.15) is 11.8 Å². The number of carbonyl (C=O) groups is 1. The summed E-state index contributed by atoms with van der Waals surface area (Å²) in [6.45, 7) is 4.93. The van der Waals surface area contributed by atoms with Gasteiger partial charge in [0.2, 0.25) is 0 Å². The molecule has 2 aromatic rings. The molecule has 1 aliphatic rings. The van der Waals surface area contributed by atoms with Gasteiger partial charge in [0.05, 0.1) is 0 Å². The van der Waals surface area contributed by atoms with E-state index >= 15 is 0 Å². The number of hydrogen-bond acceptors (Lipinski definition) is 4. The first kappa shape index (κ1) is 20.9. The van der Waals surface area contributed by atoms with Gasteiger partial charge >= 0.3 is 0 Å². The van der Waals surface area contributed by atoms with Gasteiger partial charge in [-0.05, 0) is 43.0 Å². The first-order valence-corrected chi connectivity index (χ1v) is 11.4. The summed E-state index contributed by atoms with van der Waals surface area (Å²) in [4.78, 5) is 17.4. The van der Waals surface area contributed by atoms with E-state index in [2.05, 4.69) is 64.8 Å². The van der Waals surface area contributed by atoms with Crippen LogP contribution in [0.2, 0.25) is 0 Å². The third kappa shape index (κ3) is 5.84. The quantitative estimate of drug-likeness (QED) is 0.690. The largest absolute Gasteiger partial charge is 0.352 e. The third-order valence-corrected chi connectivity index (χ3v) is 5.91. The highest BCUT2D eigenvalue weighted by atomic mass is 32.2. The molecule has 0 spiro atoms. The van der Waals surface area contributed by atoms with Crippen LogP contribution >= 0.6 is 11.8 Å². The topological polar surface area (TPSA) is 35.6 Å². The van der Waals surface area contributed by atoms with Crippen molar-refractivity contribution in [2.24, 2.45) is 0 Å². The minimum absolute atomic E-state index is 0.0286. The van der Waals surface area contributed by atoms with Gasteiger partial charge in [0, 0.05) is 50.1 Å². The van der Waals surface area contributed by atoms with Crippen molar-refractivity contribution in [2.45, 2.75) is 18.2 Å². The van der Waals surface area contributed by atoms with E-state index < -0.39 is 0 Å². The van der Waals surface area contributed by atoms with Crippen LogP contribution in [0, 0.1) is 0 Å². The highest BCUT2D eigenvalue weighted by molar-refractivity contribution is 7.97. The predicted molar refractivity (Wildman–Crippen MR) is 119 cm³/mol. The minimum Gasteiger partial charge on any atom is -0.352 e. The smallest absolute Gasteiger partial charge is 0.251 e. The average molecular weight is 398 g/mol. The second-order valence-corrected chi connectivity index (χ2v) is 8.33. The molecular formula is C23H31N3OS. The fourth-order valence-corrected chi connectivity index (χ4v) is 4.28. The van der Waals surface area contributed by atoms with Gasteiger partial charge in [-0.15, -0.1) is 0 Å². The van der Waals surface area contributed by atoms with E-state index in [-0.39, 0.29) is 5.91 Å². The molecule has 0 aliphatic carbocycles. The van der Waals surface area contributed by atoms with Crippen molar-refractivity contribution in [1.29, 1.82) is 0 Å². The van der Waals surface area contributed by atoms with Crippen LogP contribution in [0.4, 0.5) is 0 Å². The van der Waals surface area contributed by atoms with Gasteiger partial charge in [0.25, 0.3) is 5.91 Å². The third-order valence-electron chi connectivity index (χ3n) is 5.29. The summed E-state index contributed by atoms with van der Waals surface area (Å²) < 4.78 is 0. The summed E-state index contributed by atoms with van der Waals surface area (Å²) in [5, 5.41) is 3.09. The van der Waals surface area contributed by atoms with Gasteiger partial charge in [-0.3, -0.25) is 9.69 Å². The molecule has 0 bridgehead atoms. The first-order valence-electron chi connectivity index (χ1n) is 10.0. The molecule has 3 rings (SSSR count). The normalized spacial score (nSPS) is 18.1. The van der Waals surface area contributed by atoms with Crippen molar-refractivity contribution in [3.8, 4) is 0 Å². The lowest BCUT2D eigenvalue weighted by atomic mass is 10.0. The van der Waals surface area contributed by atoms with Crippen molar-refractivity contribution >= 4 is 17.7 Å². The van der Waals surface area contributed by atoms with Crippen molar-refractivity contribution in [1.82, 2.24) is 15.1 Å². The fourth-order valence-electron chi connectivity index (χ4n) is 3.77. The summed E-state index contributed by atoms with van der Waals surface area (Å²) in [5.41, 5.74) is 3.33. The van der Waals surface area contributed by atoms with Crippen molar-refractivity contribution in [3.05, 3.63) is 71.3 Å². The Labute approximate surface area is 173 Å². The number of nitrogens with zero attached hydrogens (tertiary/aromatic N) is 2. The Morgan fingerprint density at radius 2 is 1.96 bits per heavy atom. The van der Waals surface area contributed by atoms with Crippen LogP contribution in [0.1, 0.15) is 33.9 Å². The van der Waals surface area contributed by atoms with E-state index in [0.29, 0.717) is 12.6 Å². The second-order valence-electron chi connectivity index (χ2n) is 7.47. The summed E-state index contributed by atoms with van der Waals surface area (Å²) in [7, 11) is 2.19. The van der Waals surface area contributed by atoms with Gasteiger partial charge in [-0.25, -0.2) is 0 Å². The Balaban J connectivity index is 1.49. The highest BCUT2D eigenvalue weighted by Crippen LogP contribution is 2.24. The van der Waals surface area contributed by atoms with E-state index in [1.165, 1.54) is 11.1 Å². The lowest BCUT2D eigenvalue weighted by Gasteiger charge is -2.40. The molecule has 1 fully saturated rings.